The monoisotopic (exact) mass is 487 g/mol. The van der Waals surface area contributed by atoms with Gasteiger partial charge in [0, 0.05) is 23.5 Å². The highest BCUT2D eigenvalue weighted by molar-refractivity contribution is 7.71. The standard InChI is InChI=1S/C22H19Cl2N5O2S/c1-30-19-4-2-3-16(20(19)31-13-14-5-6-17(23)18(24)11-14)12-26-29-21(27-28-22(29)32)15-7-9-25-10-8-15/h2-11,26H,12-13H2,1H3,(H,28,32). The number of para-hydroxylation sites is 1. The molecule has 4 aromatic rings. The minimum Gasteiger partial charge on any atom is -0.493 e. The van der Waals surface area contributed by atoms with Crippen LogP contribution in [0.3, 0.4) is 0 Å². The van der Waals surface area contributed by atoms with Crippen LogP contribution in [-0.4, -0.2) is 27.0 Å². The Morgan fingerprint density at radius 1 is 1.09 bits per heavy atom. The van der Waals surface area contributed by atoms with E-state index in [-0.39, 0.29) is 0 Å². The molecule has 0 spiro atoms. The number of H-pyrrole nitrogens is 1. The summed E-state index contributed by atoms with van der Waals surface area (Å²) in [5.74, 6) is 1.89. The van der Waals surface area contributed by atoms with Crippen molar-refractivity contribution in [2.75, 3.05) is 12.5 Å². The van der Waals surface area contributed by atoms with Crippen molar-refractivity contribution in [3.8, 4) is 22.9 Å². The molecular weight excluding hydrogens is 469 g/mol. The van der Waals surface area contributed by atoms with Crippen LogP contribution in [0.1, 0.15) is 11.1 Å². The Kier molecular flexibility index (Phi) is 6.94. The van der Waals surface area contributed by atoms with Crippen LogP contribution >= 0.6 is 35.4 Å². The van der Waals surface area contributed by atoms with Crippen molar-refractivity contribution < 1.29 is 9.47 Å². The number of methoxy groups -OCH3 is 1. The summed E-state index contributed by atoms with van der Waals surface area (Å²) in [7, 11) is 1.60. The largest absolute Gasteiger partial charge is 0.493 e. The fourth-order valence-corrected chi connectivity index (χ4v) is 3.63. The quantitative estimate of drug-likeness (QED) is 0.313. The lowest BCUT2D eigenvalue weighted by atomic mass is 10.2. The number of pyridine rings is 1. The molecule has 0 aliphatic carbocycles. The van der Waals surface area contributed by atoms with Crippen molar-refractivity contribution in [2.45, 2.75) is 13.2 Å². The molecule has 0 aliphatic heterocycles. The van der Waals surface area contributed by atoms with Crippen LogP contribution in [-0.2, 0) is 13.2 Å². The molecule has 0 atom stereocenters. The van der Waals surface area contributed by atoms with Crippen molar-refractivity contribution >= 4 is 35.4 Å². The predicted molar refractivity (Wildman–Crippen MR) is 127 cm³/mol. The Bertz CT molecular complexity index is 1280. The van der Waals surface area contributed by atoms with Gasteiger partial charge in [-0.15, -0.1) is 0 Å². The number of nitrogens with zero attached hydrogens (tertiary/aromatic N) is 3. The van der Waals surface area contributed by atoms with Gasteiger partial charge in [-0.3, -0.25) is 4.98 Å². The van der Waals surface area contributed by atoms with Crippen LogP contribution in [0.15, 0.2) is 60.9 Å². The molecule has 0 unspecified atom stereocenters. The minimum absolute atomic E-state index is 0.303. The molecule has 4 rings (SSSR count). The first-order valence-electron chi connectivity index (χ1n) is 9.61. The van der Waals surface area contributed by atoms with Gasteiger partial charge in [-0.1, -0.05) is 41.4 Å². The van der Waals surface area contributed by atoms with Crippen LogP contribution in [0.25, 0.3) is 11.4 Å². The van der Waals surface area contributed by atoms with Gasteiger partial charge in [-0.25, -0.2) is 9.77 Å². The zero-order valence-corrected chi connectivity index (χ0v) is 19.3. The second kappa shape index (κ2) is 10.0. The maximum Gasteiger partial charge on any atom is 0.214 e. The van der Waals surface area contributed by atoms with Crippen LogP contribution < -0.4 is 14.9 Å². The summed E-state index contributed by atoms with van der Waals surface area (Å²) in [5.41, 5.74) is 5.96. The molecule has 7 nitrogen and oxygen atoms in total. The van der Waals surface area contributed by atoms with Gasteiger partial charge >= 0.3 is 0 Å². The summed E-state index contributed by atoms with van der Waals surface area (Å²) in [5, 5.41) is 8.12. The van der Waals surface area contributed by atoms with E-state index in [1.54, 1.807) is 36.3 Å². The zero-order chi connectivity index (χ0) is 22.5. The Balaban J connectivity index is 1.57. The summed E-state index contributed by atoms with van der Waals surface area (Å²) < 4.78 is 13.8. The van der Waals surface area contributed by atoms with E-state index in [0.717, 1.165) is 16.7 Å². The Hall–Kier alpha value is -3.07. The van der Waals surface area contributed by atoms with Gasteiger partial charge < -0.3 is 14.9 Å². The number of ether oxygens (including phenoxy) is 2. The Morgan fingerprint density at radius 3 is 2.66 bits per heavy atom. The van der Waals surface area contributed by atoms with E-state index in [9.17, 15) is 0 Å². The fraction of sp³-hybridized carbons (Fsp3) is 0.136. The molecule has 0 saturated carbocycles. The third-order valence-corrected chi connectivity index (χ3v) is 5.70. The fourth-order valence-electron chi connectivity index (χ4n) is 3.11. The second-order valence-corrected chi connectivity index (χ2v) is 7.95. The molecule has 0 amide bonds. The van der Waals surface area contributed by atoms with Crippen LogP contribution in [0.5, 0.6) is 11.5 Å². The van der Waals surface area contributed by atoms with Crippen molar-refractivity contribution in [2.24, 2.45) is 0 Å². The van der Waals surface area contributed by atoms with Gasteiger partial charge in [0.1, 0.15) is 6.61 Å². The molecule has 2 N–H and O–H groups in total. The molecule has 0 saturated heterocycles. The van der Waals surface area contributed by atoms with E-state index in [2.05, 4.69) is 20.6 Å². The van der Waals surface area contributed by atoms with E-state index < -0.39 is 0 Å². The summed E-state index contributed by atoms with van der Waals surface area (Å²) in [6, 6.07) is 14.8. The first-order chi connectivity index (χ1) is 15.6. The first-order valence-corrected chi connectivity index (χ1v) is 10.8. The number of nitrogens with one attached hydrogen (secondary N) is 2. The van der Waals surface area contributed by atoms with E-state index in [1.807, 2.05) is 36.4 Å². The topological polar surface area (TPSA) is 77.0 Å². The summed E-state index contributed by atoms with van der Waals surface area (Å²) in [6.07, 6.45) is 3.41. The molecule has 0 radical (unpaired) electrons. The highest BCUT2D eigenvalue weighted by atomic mass is 35.5. The van der Waals surface area contributed by atoms with Crippen LogP contribution in [0.2, 0.25) is 10.0 Å². The van der Waals surface area contributed by atoms with Gasteiger partial charge in [0.05, 0.1) is 23.7 Å². The SMILES string of the molecule is COc1cccc(CNn2c(-c3ccncc3)n[nH]c2=S)c1OCc1ccc(Cl)c(Cl)c1. The number of hydrogen-bond donors (Lipinski definition) is 2. The van der Waals surface area contributed by atoms with E-state index in [0.29, 0.717) is 45.3 Å². The van der Waals surface area contributed by atoms with E-state index in [4.69, 9.17) is 44.9 Å². The first kappa shape index (κ1) is 22.1. The lowest BCUT2D eigenvalue weighted by molar-refractivity contribution is 0.281. The van der Waals surface area contributed by atoms with Crippen molar-refractivity contribution in [1.29, 1.82) is 0 Å². The molecule has 0 fully saturated rings. The molecule has 2 aromatic carbocycles. The van der Waals surface area contributed by atoms with Crippen LogP contribution in [0.4, 0.5) is 0 Å². The Labute approximate surface area is 199 Å². The number of benzene rings is 2. The Morgan fingerprint density at radius 2 is 1.91 bits per heavy atom. The zero-order valence-electron chi connectivity index (χ0n) is 17.0. The lowest BCUT2D eigenvalue weighted by Crippen LogP contribution is -2.16. The molecule has 2 heterocycles. The number of halogens is 2. The second-order valence-electron chi connectivity index (χ2n) is 6.74. The van der Waals surface area contributed by atoms with Gasteiger partial charge in [0.15, 0.2) is 17.3 Å². The summed E-state index contributed by atoms with van der Waals surface area (Å²) in [4.78, 5) is 4.05. The summed E-state index contributed by atoms with van der Waals surface area (Å²) >= 11 is 17.5. The average molecular weight is 488 g/mol. The molecular formula is C22H19Cl2N5O2S. The molecule has 164 valence electrons. The molecule has 0 aliphatic rings. The van der Waals surface area contributed by atoms with Gasteiger partial charge in [0.25, 0.3) is 0 Å². The third kappa shape index (κ3) is 4.88. The number of aromatic amines is 1. The lowest BCUT2D eigenvalue weighted by Gasteiger charge is -2.17. The number of rotatable bonds is 8. The van der Waals surface area contributed by atoms with Crippen molar-refractivity contribution in [1.82, 2.24) is 19.9 Å². The molecule has 2 aromatic heterocycles. The van der Waals surface area contributed by atoms with E-state index in [1.165, 1.54) is 0 Å². The third-order valence-electron chi connectivity index (χ3n) is 4.69. The smallest absolute Gasteiger partial charge is 0.214 e. The maximum absolute atomic E-state index is 6.12. The van der Waals surface area contributed by atoms with Crippen molar-refractivity contribution in [3.05, 3.63) is 86.9 Å². The van der Waals surface area contributed by atoms with Gasteiger partial charge in [-0.2, -0.15) is 5.10 Å². The van der Waals surface area contributed by atoms with Gasteiger partial charge in [-0.05, 0) is 48.1 Å². The summed E-state index contributed by atoms with van der Waals surface area (Å²) in [6.45, 7) is 0.720. The normalized spacial score (nSPS) is 10.7. The minimum atomic E-state index is 0.303. The molecule has 32 heavy (non-hydrogen) atoms. The van der Waals surface area contributed by atoms with Gasteiger partial charge in [0.2, 0.25) is 4.77 Å². The molecule has 10 heteroatoms. The highest BCUT2D eigenvalue weighted by Gasteiger charge is 2.14. The average Bonchev–Trinajstić information content (AvgIpc) is 3.19. The van der Waals surface area contributed by atoms with Crippen molar-refractivity contribution in [3.63, 3.8) is 0 Å². The number of aromatic nitrogens is 4. The molecule has 0 bridgehead atoms. The predicted octanol–water partition coefficient (Wildman–Crippen LogP) is 5.64. The highest BCUT2D eigenvalue weighted by Crippen LogP contribution is 2.32. The number of hydrogen-bond acceptors (Lipinski definition) is 6. The van der Waals surface area contributed by atoms with E-state index >= 15 is 0 Å². The van der Waals surface area contributed by atoms with Crippen LogP contribution in [0, 0.1) is 4.77 Å². The maximum atomic E-state index is 6.12.